The molecule has 1 atom stereocenters. The van der Waals surface area contributed by atoms with Crippen molar-refractivity contribution in [3.8, 4) is 23.0 Å². The Morgan fingerprint density at radius 3 is 2.50 bits per heavy atom. The lowest BCUT2D eigenvalue weighted by Gasteiger charge is -2.14. The summed E-state index contributed by atoms with van der Waals surface area (Å²) in [5.74, 6) is 1.42. The second kappa shape index (κ2) is 8.56. The standard InChI is InChI=1S/C21H23N3O4/c1-5-26-17-10-7-16(8-11-17)20-23-21(24-28-20)22-19(25)15(4)27-18-9-6-13(2)14(3)12-18/h6-12,15H,5H2,1-4H3,(H,22,24,25)/t15-/m1/s1. The molecular formula is C21H23N3O4. The molecule has 1 N–H and O–H groups in total. The number of nitrogens with zero attached hydrogens (tertiary/aromatic N) is 2. The molecule has 3 aromatic rings. The van der Waals surface area contributed by atoms with Gasteiger partial charge in [0.25, 0.3) is 17.7 Å². The average Bonchev–Trinajstić information content (AvgIpc) is 3.14. The van der Waals surface area contributed by atoms with Crippen LogP contribution in [-0.2, 0) is 4.79 Å². The smallest absolute Gasteiger partial charge is 0.270 e. The van der Waals surface area contributed by atoms with Crippen LogP contribution in [0.15, 0.2) is 47.0 Å². The van der Waals surface area contributed by atoms with Crippen molar-refractivity contribution in [2.24, 2.45) is 0 Å². The van der Waals surface area contributed by atoms with Crippen LogP contribution >= 0.6 is 0 Å². The number of rotatable bonds is 7. The van der Waals surface area contributed by atoms with Crippen molar-refractivity contribution < 1.29 is 18.8 Å². The summed E-state index contributed by atoms with van der Waals surface area (Å²) in [6.07, 6.45) is -0.713. The summed E-state index contributed by atoms with van der Waals surface area (Å²) in [6.45, 7) is 8.20. The average molecular weight is 381 g/mol. The zero-order chi connectivity index (χ0) is 20.1. The lowest BCUT2D eigenvalue weighted by molar-refractivity contribution is -0.122. The molecule has 7 heteroatoms. The number of aromatic nitrogens is 2. The van der Waals surface area contributed by atoms with Gasteiger partial charge in [0, 0.05) is 5.56 Å². The number of anilines is 1. The van der Waals surface area contributed by atoms with Gasteiger partial charge in [0.05, 0.1) is 6.61 Å². The highest BCUT2D eigenvalue weighted by molar-refractivity contribution is 5.92. The summed E-state index contributed by atoms with van der Waals surface area (Å²) in [6, 6.07) is 13.0. The van der Waals surface area contributed by atoms with E-state index in [1.54, 1.807) is 6.92 Å². The number of hydrogen-bond acceptors (Lipinski definition) is 6. The number of benzene rings is 2. The summed E-state index contributed by atoms with van der Waals surface area (Å²) in [4.78, 5) is 16.6. The first kappa shape index (κ1) is 19.4. The summed E-state index contributed by atoms with van der Waals surface area (Å²) < 4.78 is 16.3. The Balaban J connectivity index is 1.61. The van der Waals surface area contributed by atoms with Crippen LogP contribution in [0.1, 0.15) is 25.0 Å². The maximum atomic E-state index is 12.4. The highest BCUT2D eigenvalue weighted by Crippen LogP contribution is 2.22. The fourth-order valence-corrected chi connectivity index (χ4v) is 2.51. The highest BCUT2D eigenvalue weighted by atomic mass is 16.5. The van der Waals surface area contributed by atoms with Gasteiger partial charge >= 0.3 is 0 Å². The second-order valence-corrected chi connectivity index (χ2v) is 6.38. The van der Waals surface area contributed by atoms with Crippen molar-refractivity contribution in [3.05, 3.63) is 53.6 Å². The van der Waals surface area contributed by atoms with Crippen LogP contribution in [0.2, 0.25) is 0 Å². The molecule has 0 saturated heterocycles. The van der Waals surface area contributed by atoms with Gasteiger partial charge in [-0.25, -0.2) is 0 Å². The zero-order valence-corrected chi connectivity index (χ0v) is 16.4. The lowest BCUT2D eigenvalue weighted by Crippen LogP contribution is -2.30. The minimum Gasteiger partial charge on any atom is -0.494 e. The van der Waals surface area contributed by atoms with Crippen molar-refractivity contribution in [2.45, 2.75) is 33.8 Å². The molecular weight excluding hydrogens is 358 g/mol. The van der Waals surface area contributed by atoms with Crippen LogP contribution in [0, 0.1) is 13.8 Å². The molecule has 1 amide bonds. The first-order valence-corrected chi connectivity index (χ1v) is 9.08. The van der Waals surface area contributed by atoms with Gasteiger partial charge in [-0.3, -0.25) is 10.1 Å². The number of amides is 1. The number of aryl methyl sites for hydroxylation is 2. The van der Waals surface area contributed by atoms with Gasteiger partial charge < -0.3 is 14.0 Å². The van der Waals surface area contributed by atoms with Crippen LogP contribution in [0.5, 0.6) is 11.5 Å². The molecule has 0 saturated carbocycles. The van der Waals surface area contributed by atoms with E-state index < -0.39 is 6.10 Å². The van der Waals surface area contributed by atoms with E-state index in [0.717, 1.165) is 22.4 Å². The summed E-state index contributed by atoms with van der Waals surface area (Å²) in [7, 11) is 0. The fraction of sp³-hybridized carbons (Fsp3) is 0.286. The predicted molar refractivity (Wildman–Crippen MR) is 106 cm³/mol. The first-order valence-electron chi connectivity index (χ1n) is 9.08. The number of nitrogens with one attached hydrogen (secondary N) is 1. The monoisotopic (exact) mass is 381 g/mol. The van der Waals surface area contributed by atoms with Gasteiger partial charge in [-0.05, 0) is 80.4 Å². The Kier molecular flexibility index (Phi) is 5.93. The van der Waals surface area contributed by atoms with Crippen LogP contribution in [0.25, 0.3) is 11.5 Å². The molecule has 2 aromatic carbocycles. The fourth-order valence-electron chi connectivity index (χ4n) is 2.51. The summed E-state index contributed by atoms with van der Waals surface area (Å²) in [5, 5.41) is 6.41. The van der Waals surface area contributed by atoms with Gasteiger partial charge in [-0.2, -0.15) is 4.98 Å². The Morgan fingerprint density at radius 2 is 1.82 bits per heavy atom. The number of carbonyl (C=O) groups is 1. The molecule has 1 aromatic heterocycles. The molecule has 0 fully saturated rings. The molecule has 3 rings (SSSR count). The summed E-state index contributed by atoms with van der Waals surface area (Å²) in [5.41, 5.74) is 3.00. The van der Waals surface area contributed by atoms with Crippen LogP contribution < -0.4 is 14.8 Å². The van der Waals surface area contributed by atoms with Gasteiger partial charge in [0.15, 0.2) is 6.10 Å². The van der Waals surface area contributed by atoms with Gasteiger partial charge in [0.2, 0.25) is 0 Å². The summed E-state index contributed by atoms with van der Waals surface area (Å²) >= 11 is 0. The third-order valence-corrected chi connectivity index (χ3v) is 4.23. The molecule has 0 aliphatic heterocycles. The maximum Gasteiger partial charge on any atom is 0.270 e. The maximum absolute atomic E-state index is 12.4. The Bertz CT molecular complexity index is 951. The van der Waals surface area contributed by atoms with E-state index in [1.807, 2.05) is 63.2 Å². The Labute approximate surface area is 163 Å². The van der Waals surface area contributed by atoms with Crippen molar-refractivity contribution in [3.63, 3.8) is 0 Å². The van der Waals surface area contributed by atoms with E-state index in [9.17, 15) is 4.79 Å². The topological polar surface area (TPSA) is 86.5 Å². The molecule has 0 bridgehead atoms. The largest absolute Gasteiger partial charge is 0.494 e. The molecule has 0 aliphatic carbocycles. The van der Waals surface area contributed by atoms with E-state index >= 15 is 0 Å². The van der Waals surface area contributed by atoms with E-state index in [1.165, 1.54) is 0 Å². The van der Waals surface area contributed by atoms with Crippen molar-refractivity contribution in [1.82, 2.24) is 10.1 Å². The third kappa shape index (κ3) is 4.68. The number of hydrogen-bond donors (Lipinski definition) is 1. The quantitative estimate of drug-likeness (QED) is 0.661. The SMILES string of the molecule is CCOc1ccc(-c2nc(NC(=O)[C@@H](C)Oc3ccc(C)c(C)c3)no2)cc1. The predicted octanol–water partition coefficient (Wildman–Crippen LogP) is 4.16. The normalized spacial score (nSPS) is 11.7. The van der Waals surface area contributed by atoms with Crippen molar-refractivity contribution in [2.75, 3.05) is 11.9 Å². The first-order chi connectivity index (χ1) is 13.5. The molecule has 0 spiro atoms. The van der Waals surface area contributed by atoms with E-state index in [4.69, 9.17) is 14.0 Å². The molecule has 1 heterocycles. The van der Waals surface area contributed by atoms with Crippen LogP contribution in [0.3, 0.4) is 0 Å². The zero-order valence-electron chi connectivity index (χ0n) is 16.4. The second-order valence-electron chi connectivity index (χ2n) is 6.38. The third-order valence-electron chi connectivity index (χ3n) is 4.23. The molecule has 7 nitrogen and oxygen atoms in total. The molecule has 146 valence electrons. The van der Waals surface area contributed by atoms with E-state index in [-0.39, 0.29) is 11.9 Å². The Morgan fingerprint density at radius 1 is 1.11 bits per heavy atom. The minimum atomic E-state index is -0.713. The van der Waals surface area contributed by atoms with Gasteiger partial charge in [-0.15, -0.1) is 0 Å². The number of ether oxygens (including phenoxy) is 2. The lowest BCUT2D eigenvalue weighted by atomic mass is 10.1. The van der Waals surface area contributed by atoms with Crippen molar-refractivity contribution >= 4 is 11.9 Å². The van der Waals surface area contributed by atoms with Crippen LogP contribution in [-0.4, -0.2) is 28.8 Å². The van der Waals surface area contributed by atoms with Crippen LogP contribution in [0.4, 0.5) is 5.95 Å². The highest BCUT2D eigenvalue weighted by Gasteiger charge is 2.18. The molecule has 28 heavy (non-hydrogen) atoms. The van der Waals surface area contributed by atoms with E-state index in [2.05, 4.69) is 15.5 Å². The van der Waals surface area contributed by atoms with Gasteiger partial charge in [0.1, 0.15) is 11.5 Å². The number of carbonyl (C=O) groups excluding carboxylic acids is 1. The van der Waals surface area contributed by atoms with Crippen molar-refractivity contribution in [1.29, 1.82) is 0 Å². The molecule has 0 unspecified atom stereocenters. The molecule has 0 radical (unpaired) electrons. The van der Waals surface area contributed by atoms with E-state index in [0.29, 0.717) is 18.2 Å². The Hall–Kier alpha value is -3.35. The minimum absolute atomic E-state index is 0.0874. The van der Waals surface area contributed by atoms with Gasteiger partial charge in [-0.1, -0.05) is 6.07 Å². The molecule has 0 aliphatic rings.